The van der Waals surface area contributed by atoms with Crippen molar-refractivity contribution in [3.05, 3.63) is 29.6 Å². The van der Waals surface area contributed by atoms with Crippen LogP contribution in [0.5, 0.6) is 5.88 Å². The largest absolute Gasteiger partial charge is 0.616 e. The molecule has 0 aromatic carbocycles. The first-order valence-electron chi connectivity index (χ1n) is 3.69. The highest BCUT2D eigenvalue weighted by Crippen LogP contribution is 2.00. The first-order valence-corrected chi connectivity index (χ1v) is 3.69. The molecular formula is C8H11NO3. The van der Waals surface area contributed by atoms with E-state index in [9.17, 15) is 5.21 Å². The minimum atomic E-state index is -0.565. The fourth-order valence-corrected chi connectivity index (χ4v) is 0.730. The van der Waals surface area contributed by atoms with E-state index in [1.54, 1.807) is 25.1 Å². The second kappa shape index (κ2) is 3.92. The number of pyridine rings is 1. The predicted molar refractivity (Wildman–Crippen MR) is 42.6 cm³/mol. The lowest BCUT2D eigenvalue weighted by Gasteiger charge is -2.06. The second-order valence-corrected chi connectivity index (χ2v) is 2.52. The van der Waals surface area contributed by atoms with Crippen molar-refractivity contribution in [3.63, 3.8) is 0 Å². The highest BCUT2D eigenvalue weighted by molar-refractivity contribution is 5.02. The van der Waals surface area contributed by atoms with Gasteiger partial charge in [-0.15, -0.1) is 4.73 Å². The highest BCUT2D eigenvalue weighted by atomic mass is 16.6. The van der Waals surface area contributed by atoms with E-state index >= 15 is 0 Å². The van der Waals surface area contributed by atoms with Crippen molar-refractivity contribution in [2.75, 3.05) is 6.61 Å². The molecule has 0 bridgehead atoms. The third-order valence-electron chi connectivity index (χ3n) is 1.26. The molecule has 0 aliphatic heterocycles. The highest BCUT2D eigenvalue weighted by Gasteiger charge is 2.05. The average Bonchev–Trinajstić information content (AvgIpc) is 2.03. The van der Waals surface area contributed by atoms with Crippen LogP contribution in [-0.2, 0) is 0 Å². The third-order valence-corrected chi connectivity index (χ3v) is 1.26. The Hall–Kier alpha value is -1.29. The molecule has 0 aliphatic rings. The first kappa shape index (κ1) is 8.80. The number of hydrogen-bond donors (Lipinski definition) is 1. The number of aliphatic hydroxyl groups excluding tert-OH is 1. The van der Waals surface area contributed by atoms with E-state index in [0.29, 0.717) is 4.73 Å². The van der Waals surface area contributed by atoms with E-state index in [1.807, 2.05) is 0 Å². The summed E-state index contributed by atoms with van der Waals surface area (Å²) in [6, 6.07) is 4.86. The van der Waals surface area contributed by atoms with Gasteiger partial charge in [0.15, 0.2) is 6.20 Å². The van der Waals surface area contributed by atoms with Crippen molar-refractivity contribution in [3.8, 4) is 5.88 Å². The molecule has 0 saturated heterocycles. The maximum atomic E-state index is 10.9. The van der Waals surface area contributed by atoms with Crippen LogP contribution >= 0.6 is 0 Å². The summed E-state index contributed by atoms with van der Waals surface area (Å²) in [6.45, 7) is 1.73. The summed E-state index contributed by atoms with van der Waals surface area (Å²) in [4.78, 5) is 0. The van der Waals surface area contributed by atoms with E-state index in [-0.39, 0.29) is 12.5 Å². The molecule has 1 unspecified atom stereocenters. The molecule has 1 atom stereocenters. The van der Waals surface area contributed by atoms with Gasteiger partial charge >= 0.3 is 5.88 Å². The maximum Gasteiger partial charge on any atom is 0.379 e. The second-order valence-electron chi connectivity index (χ2n) is 2.52. The van der Waals surface area contributed by atoms with Crippen LogP contribution in [0.25, 0.3) is 0 Å². The van der Waals surface area contributed by atoms with Crippen molar-refractivity contribution >= 4 is 0 Å². The summed E-state index contributed by atoms with van der Waals surface area (Å²) < 4.78 is 5.61. The van der Waals surface area contributed by atoms with Crippen LogP contribution in [0.1, 0.15) is 6.92 Å². The van der Waals surface area contributed by atoms with Gasteiger partial charge in [-0.25, -0.2) is 0 Å². The Morgan fingerprint density at radius 1 is 1.67 bits per heavy atom. The molecule has 0 amide bonds. The third kappa shape index (κ3) is 2.39. The van der Waals surface area contributed by atoms with Gasteiger partial charge in [-0.2, -0.15) is 0 Å². The summed E-state index contributed by atoms with van der Waals surface area (Å²) in [5.41, 5.74) is 0. The average molecular weight is 169 g/mol. The molecule has 1 heterocycles. The topological polar surface area (TPSA) is 56.4 Å². The van der Waals surface area contributed by atoms with E-state index in [1.165, 1.54) is 6.20 Å². The monoisotopic (exact) mass is 169 g/mol. The van der Waals surface area contributed by atoms with Gasteiger partial charge in [0.1, 0.15) is 6.61 Å². The Balaban J connectivity index is 2.57. The van der Waals surface area contributed by atoms with Crippen molar-refractivity contribution < 1.29 is 14.6 Å². The number of hydrogen-bond acceptors (Lipinski definition) is 3. The van der Waals surface area contributed by atoms with Gasteiger partial charge in [0, 0.05) is 6.07 Å². The molecule has 0 fully saturated rings. The molecule has 1 rings (SSSR count). The maximum absolute atomic E-state index is 10.9. The van der Waals surface area contributed by atoms with Gasteiger partial charge in [0.05, 0.1) is 12.2 Å². The van der Waals surface area contributed by atoms with Gasteiger partial charge in [0.2, 0.25) is 0 Å². The molecule has 1 aromatic rings. The van der Waals surface area contributed by atoms with Crippen LogP contribution in [0.3, 0.4) is 0 Å². The molecule has 0 saturated carbocycles. The summed E-state index contributed by atoms with van der Waals surface area (Å²) in [5.74, 6) is 0.207. The molecule has 0 aliphatic carbocycles. The zero-order valence-corrected chi connectivity index (χ0v) is 6.80. The Bertz CT molecular complexity index is 250. The minimum Gasteiger partial charge on any atom is -0.616 e. The van der Waals surface area contributed by atoms with Crippen molar-refractivity contribution in [1.82, 2.24) is 0 Å². The van der Waals surface area contributed by atoms with Gasteiger partial charge < -0.3 is 15.1 Å². The van der Waals surface area contributed by atoms with Crippen LogP contribution in [-0.4, -0.2) is 17.8 Å². The van der Waals surface area contributed by atoms with Crippen LogP contribution in [0.4, 0.5) is 0 Å². The quantitative estimate of drug-likeness (QED) is 0.515. The fourth-order valence-electron chi connectivity index (χ4n) is 0.730. The lowest BCUT2D eigenvalue weighted by atomic mass is 10.4. The van der Waals surface area contributed by atoms with Crippen molar-refractivity contribution in [2.24, 2.45) is 0 Å². The number of ether oxygens (including phenoxy) is 1. The smallest absolute Gasteiger partial charge is 0.379 e. The van der Waals surface area contributed by atoms with E-state index in [0.717, 1.165) is 0 Å². The van der Waals surface area contributed by atoms with E-state index in [2.05, 4.69) is 0 Å². The lowest BCUT2D eigenvalue weighted by molar-refractivity contribution is -0.613. The zero-order valence-electron chi connectivity index (χ0n) is 6.80. The van der Waals surface area contributed by atoms with Crippen LogP contribution in [0.15, 0.2) is 24.4 Å². The summed E-state index contributed by atoms with van der Waals surface area (Å²) in [6.07, 6.45) is 0.780. The number of aliphatic hydroxyl groups is 1. The van der Waals surface area contributed by atoms with Gasteiger partial charge in [-0.1, -0.05) is 0 Å². The van der Waals surface area contributed by atoms with Gasteiger partial charge in [-0.05, 0) is 13.0 Å². The normalized spacial score (nSPS) is 12.5. The molecule has 66 valence electrons. The zero-order chi connectivity index (χ0) is 8.97. The predicted octanol–water partition coefficient (Wildman–Crippen LogP) is 0.0796. The Morgan fingerprint density at radius 3 is 3.00 bits per heavy atom. The molecular weight excluding hydrogens is 158 g/mol. The van der Waals surface area contributed by atoms with Crippen LogP contribution in [0, 0.1) is 5.21 Å². The van der Waals surface area contributed by atoms with Crippen LogP contribution in [0.2, 0.25) is 0 Å². The Labute approximate surface area is 70.6 Å². The molecule has 12 heavy (non-hydrogen) atoms. The van der Waals surface area contributed by atoms with Gasteiger partial charge in [-0.3, -0.25) is 0 Å². The van der Waals surface area contributed by atoms with E-state index in [4.69, 9.17) is 9.84 Å². The molecule has 4 heteroatoms. The summed E-state index contributed by atoms with van der Waals surface area (Å²) in [7, 11) is 0. The fraction of sp³-hybridized carbons (Fsp3) is 0.375. The van der Waals surface area contributed by atoms with E-state index < -0.39 is 6.10 Å². The molecule has 0 radical (unpaired) electrons. The lowest BCUT2D eigenvalue weighted by Crippen LogP contribution is -2.29. The number of aromatic nitrogens is 1. The molecule has 1 N–H and O–H groups in total. The summed E-state index contributed by atoms with van der Waals surface area (Å²) >= 11 is 0. The molecule has 0 spiro atoms. The Morgan fingerprint density at radius 2 is 2.42 bits per heavy atom. The minimum absolute atomic E-state index is 0.131. The molecule has 4 nitrogen and oxygen atoms in total. The van der Waals surface area contributed by atoms with Gasteiger partial charge in [0.25, 0.3) is 0 Å². The van der Waals surface area contributed by atoms with Crippen molar-refractivity contribution in [2.45, 2.75) is 13.0 Å². The molecule has 1 aromatic heterocycles. The van der Waals surface area contributed by atoms with Crippen LogP contribution < -0.4 is 9.47 Å². The standard InChI is InChI=1S/C8H11NO3/c1-7(10)6-12-8-4-2-3-5-9(8)11/h2-5,7,10H,6H2,1H3. The SMILES string of the molecule is CC(O)COc1cccc[n+]1[O-]. The number of nitrogens with zero attached hydrogens (tertiary/aromatic N) is 1. The Kier molecular flexibility index (Phi) is 2.88. The van der Waals surface area contributed by atoms with Crippen molar-refractivity contribution in [1.29, 1.82) is 0 Å². The summed E-state index contributed by atoms with van der Waals surface area (Å²) in [5, 5.41) is 19.8. The number of rotatable bonds is 3. The first-order chi connectivity index (χ1) is 5.70.